The zero-order valence-corrected chi connectivity index (χ0v) is 10.4. The van der Waals surface area contributed by atoms with E-state index in [1.165, 1.54) is 10.4 Å². The second-order valence-corrected chi connectivity index (χ2v) is 5.23. The molecule has 0 saturated carbocycles. The van der Waals surface area contributed by atoms with Gasteiger partial charge < -0.3 is 14.8 Å². The smallest absolute Gasteiger partial charge is 0.357 e. The van der Waals surface area contributed by atoms with Crippen molar-refractivity contribution >= 4 is 23.3 Å². The summed E-state index contributed by atoms with van der Waals surface area (Å²) in [7, 11) is 0. The Balaban J connectivity index is 1.79. The van der Waals surface area contributed by atoms with Gasteiger partial charge in [-0.25, -0.2) is 4.79 Å². The molecule has 1 atom stereocenters. The molecule has 1 unspecified atom stereocenters. The van der Waals surface area contributed by atoms with Crippen molar-refractivity contribution in [2.24, 2.45) is 0 Å². The second kappa shape index (κ2) is 4.45. The van der Waals surface area contributed by atoms with E-state index in [9.17, 15) is 4.79 Å². The molecular formula is C12H12N2O3S. The van der Waals surface area contributed by atoms with Crippen molar-refractivity contribution in [2.75, 3.05) is 5.32 Å². The van der Waals surface area contributed by atoms with Gasteiger partial charge in [0.15, 0.2) is 5.69 Å². The number of fused-ring (bicyclic) bond motifs is 1. The Bertz CT molecular complexity index is 575. The fourth-order valence-electron chi connectivity index (χ4n) is 2.22. The molecule has 6 heteroatoms. The number of nitrogens with one attached hydrogen (secondary N) is 1. The average Bonchev–Trinajstić information content (AvgIpc) is 2.97. The quantitative estimate of drug-likeness (QED) is 0.891. The number of anilines is 1. The van der Waals surface area contributed by atoms with Gasteiger partial charge in [0.2, 0.25) is 0 Å². The number of rotatable bonds is 3. The third kappa shape index (κ3) is 1.99. The highest BCUT2D eigenvalue weighted by Crippen LogP contribution is 2.35. The Labute approximate surface area is 107 Å². The van der Waals surface area contributed by atoms with Gasteiger partial charge in [0.1, 0.15) is 6.26 Å². The van der Waals surface area contributed by atoms with Gasteiger partial charge in [0.25, 0.3) is 6.01 Å². The highest BCUT2D eigenvalue weighted by atomic mass is 32.1. The van der Waals surface area contributed by atoms with Crippen molar-refractivity contribution in [3.8, 4) is 0 Å². The first-order valence-corrected chi connectivity index (χ1v) is 6.63. The van der Waals surface area contributed by atoms with E-state index in [4.69, 9.17) is 9.52 Å². The van der Waals surface area contributed by atoms with Crippen LogP contribution in [0.2, 0.25) is 0 Å². The van der Waals surface area contributed by atoms with Gasteiger partial charge >= 0.3 is 5.97 Å². The van der Waals surface area contributed by atoms with Crippen molar-refractivity contribution in [1.29, 1.82) is 0 Å². The van der Waals surface area contributed by atoms with E-state index in [0.29, 0.717) is 0 Å². The number of thiophene rings is 1. The standard InChI is InChI=1S/C12H12N2O3S/c15-11(16)9-6-17-12(14-9)13-8-2-1-3-10-7(8)4-5-18-10/h4-6,8H,1-3H2,(H,13,14)(H,15,16). The number of aromatic carboxylic acids is 1. The number of carboxylic acid groups (broad SMARTS) is 1. The van der Waals surface area contributed by atoms with Crippen molar-refractivity contribution in [3.63, 3.8) is 0 Å². The molecule has 5 nitrogen and oxygen atoms in total. The predicted molar refractivity (Wildman–Crippen MR) is 67.1 cm³/mol. The molecule has 0 radical (unpaired) electrons. The van der Waals surface area contributed by atoms with E-state index in [-0.39, 0.29) is 17.8 Å². The lowest BCUT2D eigenvalue weighted by Crippen LogP contribution is -2.15. The lowest BCUT2D eigenvalue weighted by molar-refractivity contribution is 0.0690. The van der Waals surface area contributed by atoms with Crippen LogP contribution in [0.1, 0.15) is 39.8 Å². The monoisotopic (exact) mass is 264 g/mol. The van der Waals surface area contributed by atoms with Gasteiger partial charge in [-0.2, -0.15) is 4.98 Å². The summed E-state index contributed by atoms with van der Waals surface area (Å²) >= 11 is 1.76. The van der Waals surface area contributed by atoms with E-state index >= 15 is 0 Å². The summed E-state index contributed by atoms with van der Waals surface area (Å²) in [6.07, 6.45) is 4.41. The predicted octanol–water partition coefficient (Wildman–Crippen LogP) is 2.92. The SMILES string of the molecule is O=C(O)c1coc(NC2CCCc3sccc32)n1. The van der Waals surface area contributed by atoms with Crippen molar-refractivity contribution < 1.29 is 14.3 Å². The van der Waals surface area contributed by atoms with E-state index < -0.39 is 5.97 Å². The summed E-state index contributed by atoms with van der Waals surface area (Å²) in [5.41, 5.74) is 1.21. The van der Waals surface area contributed by atoms with Crippen LogP contribution in [-0.4, -0.2) is 16.1 Å². The summed E-state index contributed by atoms with van der Waals surface area (Å²) in [5.74, 6) is -1.08. The molecule has 2 aromatic heterocycles. The number of carbonyl (C=O) groups is 1. The molecule has 2 aromatic rings. The molecule has 0 aromatic carbocycles. The molecule has 3 rings (SSSR count). The largest absolute Gasteiger partial charge is 0.476 e. The Hall–Kier alpha value is -1.82. The molecule has 0 aliphatic heterocycles. The van der Waals surface area contributed by atoms with Gasteiger partial charge in [-0.05, 0) is 36.3 Å². The molecule has 0 fully saturated rings. The summed E-state index contributed by atoms with van der Waals surface area (Å²) in [6.45, 7) is 0. The van der Waals surface area contributed by atoms with Crippen LogP contribution < -0.4 is 5.32 Å². The molecule has 94 valence electrons. The van der Waals surface area contributed by atoms with Crippen molar-refractivity contribution in [1.82, 2.24) is 4.98 Å². The fraction of sp³-hybridized carbons (Fsp3) is 0.333. The van der Waals surface area contributed by atoms with Gasteiger partial charge in [-0.1, -0.05) is 0 Å². The van der Waals surface area contributed by atoms with Crippen LogP contribution in [0.3, 0.4) is 0 Å². The summed E-state index contributed by atoms with van der Waals surface area (Å²) in [5, 5.41) is 14.0. The summed E-state index contributed by atoms with van der Waals surface area (Å²) in [4.78, 5) is 16.0. The molecule has 1 aliphatic carbocycles. The lowest BCUT2D eigenvalue weighted by Gasteiger charge is -2.22. The molecule has 1 aliphatic rings. The Morgan fingerprint density at radius 3 is 3.28 bits per heavy atom. The minimum atomic E-state index is -1.08. The van der Waals surface area contributed by atoms with Crippen LogP contribution in [0.5, 0.6) is 0 Å². The highest BCUT2D eigenvalue weighted by Gasteiger charge is 2.22. The molecule has 2 heterocycles. The van der Waals surface area contributed by atoms with Crippen molar-refractivity contribution in [3.05, 3.63) is 33.8 Å². The third-order valence-electron chi connectivity index (χ3n) is 3.07. The van der Waals surface area contributed by atoms with Crippen LogP contribution in [0.25, 0.3) is 0 Å². The van der Waals surface area contributed by atoms with E-state index in [0.717, 1.165) is 25.5 Å². The fourth-order valence-corrected chi connectivity index (χ4v) is 3.21. The maximum atomic E-state index is 10.7. The third-order valence-corrected chi connectivity index (χ3v) is 4.07. The van der Waals surface area contributed by atoms with Crippen LogP contribution in [-0.2, 0) is 6.42 Å². The van der Waals surface area contributed by atoms with Gasteiger partial charge in [0, 0.05) is 4.88 Å². The number of hydrogen-bond donors (Lipinski definition) is 2. The number of nitrogens with zero attached hydrogens (tertiary/aromatic N) is 1. The number of oxazole rings is 1. The first-order chi connectivity index (χ1) is 8.74. The molecule has 18 heavy (non-hydrogen) atoms. The van der Waals surface area contributed by atoms with Crippen LogP contribution in [0.15, 0.2) is 22.1 Å². The molecule has 0 amide bonds. The van der Waals surface area contributed by atoms with Gasteiger partial charge in [0.05, 0.1) is 6.04 Å². The molecular weight excluding hydrogens is 252 g/mol. The first kappa shape index (κ1) is 11.3. The topological polar surface area (TPSA) is 75.4 Å². The maximum Gasteiger partial charge on any atom is 0.357 e. The minimum Gasteiger partial charge on any atom is -0.476 e. The zero-order chi connectivity index (χ0) is 12.5. The molecule has 2 N–H and O–H groups in total. The second-order valence-electron chi connectivity index (χ2n) is 4.23. The van der Waals surface area contributed by atoms with Crippen molar-refractivity contribution in [2.45, 2.75) is 25.3 Å². The summed E-state index contributed by atoms with van der Waals surface area (Å²) < 4.78 is 5.12. The van der Waals surface area contributed by atoms with Crippen LogP contribution in [0.4, 0.5) is 6.01 Å². The average molecular weight is 264 g/mol. The Morgan fingerprint density at radius 1 is 1.61 bits per heavy atom. The zero-order valence-electron chi connectivity index (χ0n) is 9.55. The Kier molecular flexibility index (Phi) is 2.79. The highest BCUT2D eigenvalue weighted by molar-refractivity contribution is 7.10. The minimum absolute atomic E-state index is 0.0705. The van der Waals surface area contributed by atoms with Crippen LogP contribution in [0, 0.1) is 0 Å². The normalized spacial score (nSPS) is 18.3. The number of aromatic nitrogens is 1. The summed E-state index contributed by atoms with van der Waals surface area (Å²) in [6, 6.07) is 2.55. The number of aryl methyl sites for hydroxylation is 1. The maximum absolute atomic E-state index is 10.7. The molecule has 0 saturated heterocycles. The van der Waals surface area contributed by atoms with Gasteiger partial charge in [-0.3, -0.25) is 0 Å². The number of carboxylic acids is 1. The molecule has 0 spiro atoms. The van der Waals surface area contributed by atoms with Gasteiger partial charge in [-0.15, -0.1) is 11.3 Å². The van der Waals surface area contributed by atoms with E-state index in [1.807, 2.05) is 0 Å². The van der Waals surface area contributed by atoms with E-state index in [1.54, 1.807) is 11.3 Å². The van der Waals surface area contributed by atoms with E-state index in [2.05, 4.69) is 21.7 Å². The number of hydrogen-bond acceptors (Lipinski definition) is 5. The first-order valence-electron chi connectivity index (χ1n) is 5.75. The Morgan fingerprint density at radius 2 is 2.50 bits per heavy atom. The molecule has 0 bridgehead atoms. The lowest BCUT2D eigenvalue weighted by atomic mass is 9.94. The van der Waals surface area contributed by atoms with Crippen LogP contribution >= 0.6 is 11.3 Å².